The van der Waals surface area contributed by atoms with Crippen LogP contribution in [0.2, 0.25) is 0 Å². The summed E-state index contributed by atoms with van der Waals surface area (Å²) in [5.41, 5.74) is 2.72. The summed E-state index contributed by atoms with van der Waals surface area (Å²) in [7, 11) is 2.16. The number of aromatic amines is 1. The largest absolute Gasteiger partial charge is 0.357 e. The van der Waals surface area contributed by atoms with Crippen molar-refractivity contribution in [3.05, 3.63) is 47.9 Å². The third-order valence-corrected chi connectivity index (χ3v) is 6.10. The van der Waals surface area contributed by atoms with E-state index in [0.29, 0.717) is 17.4 Å². The first kappa shape index (κ1) is 19.0. The molecule has 5 rings (SSSR count). The normalized spacial score (nSPS) is 20.0. The van der Waals surface area contributed by atoms with Crippen LogP contribution >= 0.6 is 0 Å². The molecule has 0 radical (unpaired) electrons. The van der Waals surface area contributed by atoms with Crippen molar-refractivity contribution in [1.82, 2.24) is 25.2 Å². The molecule has 3 aromatic heterocycles. The van der Waals surface area contributed by atoms with E-state index in [-0.39, 0.29) is 5.91 Å². The maximum absolute atomic E-state index is 12.7. The number of pyridine rings is 2. The number of rotatable bonds is 4. The van der Waals surface area contributed by atoms with E-state index < -0.39 is 0 Å². The summed E-state index contributed by atoms with van der Waals surface area (Å²) in [5.74, 6) is 1.23. The fourth-order valence-electron chi connectivity index (χ4n) is 4.39. The van der Waals surface area contributed by atoms with Crippen LogP contribution in [0.5, 0.6) is 0 Å². The standard InChI is InChI=1S/C22H27N7O/c1-28-8-2-3-19(28)18-11-16-14-24-20(12-17(16)26-18)27-22(30)15-4-5-21(25-13-15)29-9-6-23-7-10-29/h4-5,11-14,19,23,26H,2-3,6-10H2,1H3,(H,24,27,30). The summed E-state index contributed by atoms with van der Waals surface area (Å²) in [6.45, 7) is 4.89. The Labute approximate surface area is 175 Å². The molecule has 1 atom stereocenters. The van der Waals surface area contributed by atoms with E-state index in [1.165, 1.54) is 12.1 Å². The van der Waals surface area contributed by atoms with E-state index >= 15 is 0 Å². The number of fused-ring (bicyclic) bond motifs is 1. The molecule has 1 unspecified atom stereocenters. The van der Waals surface area contributed by atoms with Crippen molar-refractivity contribution in [2.45, 2.75) is 18.9 Å². The lowest BCUT2D eigenvalue weighted by atomic mass is 10.1. The quantitative estimate of drug-likeness (QED) is 0.618. The van der Waals surface area contributed by atoms with Crippen LogP contribution in [0.3, 0.4) is 0 Å². The van der Waals surface area contributed by atoms with Gasteiger partial charge in [-0.2, -0.15) is 0 Å². The van der Waals surface area contributed by atoms with Gasteiger partial charge in [0.2, 0.25) is 0 Å². The molecule has 8 nitrogen and oxygen atoms in total. The smallest absolute Gasteiger partial charge is 0.258 e. The predicted molar refractivity (Wildman–Crippen MR) is 118 cm³/mol. The minimum atomic E-state index is -0.205. The Bertz CT molecular complexity index is 1040. The lowest BCUT2D eigenvalue weighted by Crippen LogP contribution is -2.43. The number of nitrogens with zero attached hydrogens (tertiary/aromatic N) is 4. The lowest BCUT2D eigenvalue weighted by molar-refractivity contribution is 0.102. The van der Waals surface area contributed by atoms with Crippen molar-refractivity contribution in [1.29, 1.82) is 0 Å². The molecule has 0 spiro atoms. The number of hydrogen-bond acceptors (Lipinski definition) is 6. The highest BCUT2D eigenvalue weighted by molar-refractivity contribution is 6.04. The number of amides is 1. The molecule has 0 saturated carbocycles. The first-order valence-electron chi connectivity index (χ1n) is 10.6. The van der Waals surface area contributed by atoms with Crippen molar-refractivity contribution in [2.24, 2.45) is 0 Å². The average Bonchev–Trinajstić information content (AvgIpc) is 3.39. The SMILES string of the molecule is CN1CCCC1c1cc2cnc(NC(=O)c3ccc(N4CCNCC4)nc3)cc2[nH]1. The molecule has 30 heavy (non-hydrogen) atoms. The molecule has 2 aliphatic rings. The molecule has 156 valence electrons. The van der Waals surface area contributed by atoms with E-state index in [9.17, 15) is 4.79 Å². The maximum Gasteiger partial charge on any atom is 0.258 e. The number of carbonyl (C=O) groups is 1. The second kappa shape index (κ2) is 8.04. The molecule has 0 aromatic carbocycles. The number of likely N-dealkylation sites (tertiary alicyclic amines) is 1. The van der Waals surface area contributed by atoms with E-state index in [1.54, 1.807) is 6.20 Å². The van der Waals surface area contributed by atoms with Crippen LogP contribution in [0.25, 0.3) is 10.9 Å². The van der Waals surface area contributed by atoms with Crippen LogP contribution in [0, 0.1) is 0 Å². The van der Waals surface area contributed by atoms with Gasteiger partial charge in [-0.1, -0.05) is 0 Å². The van der Waals surface area contributed by atoms with Crippen molar-refractivity contribution in [3.8, 4) is 0 Å². The van der Waals surface area contributed by atoms with Gasteiger partial charge in [0, 0.05) is 61.8 Å². The Balaban J connectivity index is 1.29. The van der Waals surface area contributed by atoms with Gasteiger partial charge in [0.15, 0.2) is 0 Å². The summed E-state index contributed by atoms with van der Waals surface area (Å²) in [6, 6.07) is 8.22. The van der Waals surface area contributed by atoms with Crippen LogP contribution in [0.15, 0.2) is 36.7 Å². The first-order valence-corrected chi connectivity index (χ1v) is 10.6. The van der Waals surface area contributed by atoms with E-state index in [1.807, 2.05) is 24.4 Å². The number of anilines is 2. The molecular formula is C22H27N7O. The van der Waals surface area contributed by atoms with Gasteiger partial charge in [-0.3, -0.25) is 9.69 Å². The molecule has 3 aromatic rings. The summed E-state index contributed by atoms with van der Waals surface area (Å²) in [6.07, 6.45) is 5.83. The number of hydrogen-bond donors (Lipinski definition) is 3. The number of nitrogens with one attached hydrogen (secondary N) is 3. The van der Waals surface area contributed by atoms with Crippen molar-refractivity contribution in [3.63, 3.8) is 0 Å². The highest BCUT2D eigenvalue weighted by Crippen LogP contribution is 2.32. The Morgan fingerprint density at radius 3 is 2.73 bits per heavy atom. The van der Waals surface area contributed by atoms with Gasteiger partial charge < -0.3 is 20.5 Å². The fraction of sp³-hybridized carbons (Fsp3) is 0.409. The second-order valence-corrected chi connectivity index (χ2v) is 8.12. The molecule has 1 amide bonds. The van der Waals surface area contributed by atoms with Gasteiger partial charge in [-0.15, -0.1) is 0 Å². The number of piperazine rings is 1. The summed E-state index contributed by atoms with van der Waals surface area (Å²) >= 11 is 0. The highest BCUT2D eigenvalue weighted by Gasteiger charge is 2.24. The molecule has 2 saturated heterocycles. The van der Waals surface area contributed by atoms with Crippen molar-refractivity contribution in [2.75, 3.05) is 50.0 Å². The summed E-state index contributed by atoms with van der Waals surface area (Å²) in [4.78, 5) is 29.7. The third kappa shape index (κ3) is 3.76. The molecular weight excluding hydrogens is 378 g/mol. The number of carbonyl (C=O) groups excluding carboxylic acids is 1. The zero-order valence-electron chi connectivity index (χ0n) is 17.2. The third-order valence-electron chi connectivity index (χ3n) is 6.10. The van der Waals surface area contributed by atoms with Crippen LogP contribution in [-0.4, -0.2) is 65.5 Å². The van der Waals surface area contributed by atoms with Gasteiger partial charge in [0.05, 0.1) is 11.1 Å². The minimum absolute atomic E-state index is 0.205. The van der Waals surface area contributed by atoms with Gasteiger partial charge in [0.1, 0.15) is 11.6 Å². The van der Waals surface area contributed by atoms with Crippen molar-refractivity contribution < 1.29 is 4.79 Å². The summed E-state index contributed by atoms with van der Waals surface area (Å²) in [5, 5.41) is 7.28. The average molecular weight is 406 g/mol. The highest BCUT2D eigenvalue weighted by atomic mass is 16.1. The predicted octanol–water partition coefficient (Wildman–Crippen LogP) is 2.39. The molecule has 3 N–H and O–H groups in total. The Morgan fingerprint density at radius 2 is 2.00 bits per heavy atom. The first-order chi connectivity index (χ1) is 14.7. The van der Waals surface area contributed by atoms with E-state index in [0.717, 1.165) is 55.9 Å². The van der Waals surface area contributed by atoms with Gasteiger partial charge in [0.25, 0.3) is 5.91 Å². The fourth-order valence-corrected chi connectivity index (χ4v) is 4.39. The summed E-state index contributed by atoms with van der Waals surface area (Å²) < 4.78 is 0. The Morgan fingerprint density at radius 1 is 1.13 bits per heavy atom. The van der Waals surface area contributed by atoms with Gasteiger partial charge >= 0.3 is 0 Å². The Hall–Kier alpha value is -2.97. The molecule has 0 aliphatic carbocycles. The topological polar surface area (TPSA) is 89.2 Å². The lowest BCUT2D eigenvalue weighted by Gasteiger charge is -2.28. The van der Waals surface area contributed by atoms with Crippen LogP contribution in [0.1, 0.15) is 34.9 Å². The molecule has 0 bridgehead atoms. The monoisotopic (exact) mass is 405 g/mol. The second-order valence-electron chi connectivity index (χ2n) is 8.12. The van der Waals surface area contributed by atoms with Crippen molar-refractivity contribution >= 4 is 28.4 Å². The van der Waals surface area contributed by atoms with Crippen LogP contribution in [-0.2, 0) is 0 Å². The zero-order valence-corrected chi connectivity index (χ0v) is 17.2. The minimum Gasteiger partial charge on any atom is -0.357 e. The van der Waals surface area contributed by atoms with E-state index in [4.69, 9.17) is 0 Å². The molecule has 2 aliphatic heterocycles. The molecule has 5 heterocycles. The number of aromatic nitrogens is 3. The molecule has 2 fully saturated rings. The zero-order chi connectivity index (χ0) is 20.5. The molecule has 8 heteroatoms. The van der Waals surface area contributed by atoms with Gasteiger partial charge in [-0.05, 0) is 44.6 Å². The van der Waals surface area contributed by atoms with E-state index in [2.05, 4.69) is 48.5 Å². The Kier molecular flexibility index (Phi) is 5.10. The van der Waals surface area contributed by atoms with Gasteiger partial charge in [-0.25, -0.2) is 9.97 Å². The van der Waals surface area contributed by atoms with Crippen LogP contribution in [0.4, 0.5) is 11.6 Å². The number of H-pyrrole nitrogens is 1. The maximum atomic E-state index is 12.7. The van der Waals surface area contributed by atoms with Crippen LogP contribution < -0.4 is 15.5 Å².